The van der Waals surface area contributed by atoms with Gasteiger partial charge in [-0.2, -0.15) is 0 Å². The van der Waals surface area contributed by atoms with Crippen LogP contribution in [-0.4, -0.2) is 33.0 Å². The molecule has 0 saturated carbocycles. The van der Waals surface area contributed by atoms with E-state index >= 15 is 0 Å². The highest BCUT2D eigenvalue weighted by Gasteiger charge is 2.15. The van der Waals surface area contributed by atoms with Crippen LogP contribution in [0.4, 0.5) is 0 Å². The van der Waals surface area contributed by atoms with Gasteiger partial charge in [-0.3, -0.25) is 9.78 Å². The second-order valence-corrected chi connectivity index (χ2v) is 4.62. The van der Waals surface area contributed by atoms with E-state index in [1.54, 1.807) is 6.07 Å². The number of hydrogen-bond donors (Lipinski definition) is 3. The van der Waals surface area contributed by atoms with Crippen molar-refractivity contribution < 1.29 is 10.0 Å². The summed E-state index contributed by atoms with van der Waals surface area (Å²) in [5, 5.41) is 14.3. The Morgan fingerprint density at radius 1 is 1.43 bits per heavy atom. The van der Waals surface area contributed by atoms with Crippen molar-refractivity contribution in [3.8, 4) is 0 Å². The number of amidine groups is 1. The number of oxime groups is 1. The van der Waals surface area contributed by atoms with Gasteiger partial charge in [-0.25, -0.2) is 4.98 Å². The van der Waals surface area contributed by atoms with Gasteiger partial charge >= 0.3 is 0 Å². The molecule has 1 unspecified atom stereocenters. The van der Waals surface area contributed by atoms with Crippen LogP contribution < -0.4 is 11.1 Å². The smallest absolute Gasteiger partial charge is 0.271 e. The van der Waals surface area contributed by atoms with Crippen molar-refractivity contribution in [2.45, 2.75) is 25.8 Å². The van der Waals surface area contributed by atoms with Gasteiger partial charge < -0.3 is 16.3 Å². The Labute approximate surface area is 121 Å². The quantitative estimate of drug-likeness (QED) is 0.332. The third-order valence-corrected chi connectivity index (χ3v) is 3.09. The van der Waals surface area contributed by atoms with Gasteiger partial charge in [-0.05, 0) is 18.6 Å². The monoisotopic (exact) mass is 287 g/mol. The SMILES string of the molecule is CCC(C/C(N)=N/O)NC(=O)c1cnc2ccccc2n1. The maximum Gasteiger partial charge on any atom is 0.271 e. The first-order chi connectivity index (χ1) is 10.1. The normalized spacial score (nSPS) is 13.1. The summed E-state index contributed by atoms with van der Waals surface area (Å²) in [7, 11) is 0. The van der Waals surface area contributed by atoms with Gasteiger partial charge in [0.25, 0.3) is 5.91 Å². The number of amides is 1. The number of benzene rings is 1. The molecule has 1 atom stereocenters. The summed E-state index contributed by atoms with van der Waals surface area (Å²) in [4.78, 5) is 20.6. The average molecular weight is 287 g/mol. The number of carbonyl (C=O) groups is 1. The molecule has 1 amide bonds. The van der Waals surface area contributed by atoms with Gasteiger partial charge in [0.1, 0.15) is 11.5 Å². The molecular weight excluding hydrogens is 270 g/mol. The van der Waals surface area contributed by atoms with Crippen molar-refractivity contribution in [2.24, 2.45) is 10.9 Å². The molecule has 0 bridgehead atoms. The fraction of sp³-hybridized carbons (Fsp3) is 0.286. The number of aromatic nitrogens is 2. The standard InChI is InChI=1S/C14H17N5O2/c1-2-9(7-13(15)19-21)17-14(20)12-8-16-10-5-3-4-6-11(10)18-12/h3-6,8-9,21H,2,7H2,1H3,(H2,15,19)(H,17,20). The van der Waals surface area contributed by atoms with E-state index < -0.39 is 0 Å². The second kappa shape index (κ2) is 6.65. The Kier molecular flexibility index (Phi) is 4.65. The molecule has 0 aliphatic heterocycles. The Morgan fingerprint density at radius 3 is 2.81 bits per heavy atom. The number of hydrogen-bond acceptors (Lipinski definition) is 5. The summed E-state index contributed by atoms with van der Waals surface area (Å²) in [6.45, 7) is 1.90. The lowest BCUT2D eigenvalue weighted by Crippen LogP contribution is -2.38. The summed E-state index contributed by atoms with van der Waals surface area (Å²) >= 11 is 0. The molecule has 1 aromatic carbocycles. The van der Waals surface area contributed by atoms with E-state index in [0.29, 0.717) is 11.9 Å². The van der Waals surface area contributed by atoms with Gasteiger partial charge in [-0.1, -0.05) is 24.2 Å². The van der Waals surface area contributed by atoms with Crippen LogP contribution in [0.15, 0.2) is 35.6 Å². The molecule has 0 spiro atoms. The van der Waals surface area contributed by atoms with Crippen molar-refractivity contribution >= 4 is 22.8 Å². The van der Waals surface area contributed by atoms with Gasteiger partial charge in [0, 0.05) is 12.5 Å². The predicted molar refractivity (Wildman–Crippen MR) is 79.1 cm³/mol. The van der Waals surface area contributed by atoms with Crippen molar-refractivity contribution in [3.63, 3.8) is 0 Å². The lowest BCUT2D eigenvalue weighted by molar-refractivity contribution is 0.0932. The summed E-state index contributed by atoms with van der Waals surface area (Å²) in [5.74, 6) is -0.252. The molecule has 1 heterocycles. The van der Waals surface area contributed by atoms with E-state index in [9.17, 15) is 4.79 Å². The minimum absolute atomic E-state index is 0.0757. The Bertz CT molecular complexity index is 671. The van der Waals surface area contributed by atoms with Crippen LogP contribution in [0.1, 0.15) is 30.3 Å². The second-order valence-electron chi connectivity index (χ2n) is 4.62. The zero-order valence-electron chi connectivity index (χ0n) is 11.7. The molecule has 4 N–H and O–H groups in total. The highest BCUT2D eigenvalue weighted by molar-refractivity contribution is 5.94. The molecule has 0 fully saturated rings. The van der Waals surface area contributed by atoms with Crippen molar-refractivity contribution in [3.05, 3.63) is 36.2 Å². The number of nitrogens with one attached hydrogen (secondary N) is 1. The third-order valence-electron chi connectivity index (χ3n) is 3.09. The van der Waals surface area contributed by atoms with E-state index in [1.807, 2.05) is 25.1 Å². The number of fused-ring (bicyclic) bond motifs is 1. The fourth-order valence-electron chi connectivity index (χ4n) is 1.92. The van der Waals surface area contributed by atoms with Gasteiger partial charge in [0.05, 0.1) is 17.2 Å². The molecule has 2 aromatic rings. The average Bonchev–Trinajstić information content (AvgIpc) is 2.53. The molecular formula is C14H17N5O2. The van der Waals surface area contributed by atoms with Crippen molar-refractivity contribution in [1.82, 2.24) is 15.3 Å². The molecule has 0 aliphatic carbocycles. The lowest BCUT2D eigenvalue weighted by Gasteiger charge is -2.15. The van der Waals surface area contributed by atoms with E-state index in [2.05, 4.69) is 20.4 Å². The van der Waals surface area contributed by atoms with Crippen LogP contribution in [-0.2, 0) is 0 Å². The van der Waals surface area contributed by atoms with Crippen LogP contribution in [0.25, 0.3) is 11.0 Å². The molecule has 7 nitrogen and oxygen atoms in total. The Morgan fingerprint density at radius 2 is 2.14 bits per heavy atom. The largest absolute Gasteiger partial charge is 0.409 e. The molecule has 21 heavy (non-hydrogen) atoms. The summed E-state index contributed by atoms with van der Waals surface area (Å²) in [5.41, 5.74) is 7.10. The zero-order valence-corrected chi connectivity index (χ0v) is 11.7. The lowest BCUT2D eigenvalue weighted by atomic mass is 10.1. The summed E-state index contributed by atoms with van der Waals surface area (Å²) in [6, 6.07) is 7.11. The van der Waals surface area contributed by atoms with Crippen LogP contribution in [0.5, 0.6) is 0 Å². The summed E-state index contributed by atoms with van der Waals surface area (Å²) < 4.78 is 0. The molecule has 0 aliphatic rings. The van der Waals surface area contributed by atoms with Crippen LogP contribution in [0, 0.1) is 0 Å². The zero-order chi connectivity index (χ0) is 15.2. The molecule has 2 rings (SSSR count). The van der Waals surface area contributed by atoms with E-state index in [0.717, 1.165) is 5.52 Å². The van der Waals surface area contributed by atoms with E-state index in [1.165, 1.54) is 6.20 Å². The van der Waals surface area contributed by atoms with Crippen molar-refractivity contribution in [2.75, 3.05) is 0 Å². The molecule has 0 saturated heterocycles. The predicted octanol–water partition coefficient (Wildman–Crippen LogP) is 1.27. The van der Waals surface area contributed by atoms with E-state index in [-0.39, 0.29) is 29.9 Å². The number of nitrogens with zero attached hydrogens (tertiary/aromatic N) is 3. The molecule has 110 valence electrons. The number of rotatable bonds is 5. The minimum atomic E-state index is -0.328. The maximum absolute atomic E-state index is 12.2. The first-order valence-electron chi connectivity index (χ1n) is 6.63. The van der Waals surface area contributed by atoms with Gasteiger partial charge in [0.2, 0.25) is 0 Å². The summed E-state index contributed by atoms with van der Waals surface area (Å²) in [6.07, 6.45) is 2.37. The maximum atomic E-state index is 12.2. The third kappa shape index (κ3) is 3.65. The van der Waals surface area contributed by atoms with Gasteiger partial charge in [0.15, 0.2) is 0 Å². The fourth-order valence-corrected chi connectivity index (χ4v) is 1.92. The molecule has 0 radical (unpaired) electrons. The van der Waals surface area contributed by atoms with Crippen LogP contribution in [0.3, 0.4) is 0 Å². The molecule has 1 aromatic heterocycles. The first-order valence-corrected chi connectivity index (χ1v) is 6.63. The number of nitrogens with two attached hydrogens (primary N) is 1. The highest BCUT2D eigenvalue weighted by atomic mass is 16.4. The Hall–Kier alpha value is -2.70. The minimum Gasteiger partial charge on any atom is -0.409 e. The van der Waals surface area contributed by atoms with Crippen molar-refractivity contribution in [1.29, 1.82) is 0 Å². The van der Waals surface area contributed by atoms with Crippen LogP contribution in [0.2, 0.25) is 0 Å². The van der Waals surface area contributed by atoms with Crippen LogP contribution >= 0.6 is 0 Å². The highest BCUT2D eigenvalue weighted by Crippen LogP contribution is 2.09. The van der Waals surface area contributed by atoms with Gasteiger partial charge in [-0.15, -0.1) is 0 Å². The topological polar surface area (TPSA) is 113 Å². The van der Waals surface area contributed by atoms with E-state index in [4.69, 9.17) is 10.9 Å². The first kappa shape index (κ1) is 14.7. The number of carbonyl (C=O) groups excluding carboxylic acids is 1. The Balaban J connectivity index is 2.13. The number of para-hydroxylation sites is 2. The molecule has 7 heteroatoms.